The fraction of sp³-hybridized carbons (Fsp3) is 0.500. The summed E-state index contributed by atoms with van der Waals surface area (Å²) < 4.78 is 0. The van der Waals surface area contributed by atoms with Gasteiger partial charge in [0.25, 0.3) is 0 Å². The van der Waals surface area contributed by atoms with E-state index in [4.69, 9.17) is 0 Å². The Morgan fingerprint density at radius 2 is 1.79 bits per heavy atom. The van der Waals surface area contributed by atoms with Crippen molar-refractivity contribution in [2.75, 3.05) is 0 Å². The fourth-order valence-electron chi connectivity index (χ4n) is 2.12. The Bertz CT molecular complexity index is 297. The van der Waals surface area contributed by atoms with Crippen LogP contribution in [0, 0.1) is 26.2 Å². The van der Waals surface area contributed by atoms with Crippen LogP contribution in [-0.2, 0) is 0 Å². The van der Waals surface area contributed by atoms with E-state index >= 15 is 0 Å². The summed E-state index contributed by atoms with van der Waals surface area (Å²) in [7, 11) is 0. The van der Waals surface area contributed by atoms with Crippen LogP contribution in [0.4, 0.5) is 0 Å². The van der Waals surface area contributed by atoms with Crippen molar-refractivity contribution >= 4 is 0 Å². The summed E-state index contributed by atoms with van der Waals surface area (Å²) in [6.45, 7) is 11.1. The van der Waals surface area contributed by atoms with Crippen molar-refractivity contribution in [2.45, 2.75) is 40.5 Å². The van der Waals surface area contributed by atoms with Crippen molar-refractivity contribution < 1.29 is 0 Å². The van der Waals surface area contributed by atoms with Crippen LogP contribution >= 0.6 is 0 Å². The summed E-state index contributed by atoms with van der Waals surface area (Å²) in [4.78, 5) is 0. The second-order valence-electron chi connectivity index (χ2n) is 4.46. The molecule has 0 aromatic heterocycles. The summed E-state index contributed by atoms with van der Waals surface area (Å²) in [6, 6.07) is 6.75. The summed E-state index contributed by atoms with van der Waals surface area (Å²) in [5, 5.41) is 0. The maximum absolute atomic E-state index is 2.31. The zero-order valence-electron chi connectivity index (χ0n) is 9.96. The first kappa shape index (κ1) is 11.3. The van der Waals surface area contributed by atoms with E-state index in [9.17, 15) is 0 Å². The molecule has 1 aromatic rings. The predicted molar refractivity (Wildman–Crippen MR) is 63.5 cm³/mol. The Morgan fingerprint density at radius 3 is 2.21 bits per heavy atom. The van der Waals surface area contributed by atoms with Crippen LogP contribution in [0.1, 0.15) is 43.4 Å². The van der Waals surface area contributed by atoms with Gasteiger partial charge in [0.1, 0.15) is 0 Å². The molecule has 0 nitrogen and oxygen atoms in total. The van der Waals surface area contributed by atoms with Crippen LogP contribution < -0.4 is 0 Å². The lowest BCUT2D eigenvalue weighted by Gasteiger charge is -2.21. The van der Waals surface area contributed by atoms with E-state index in [1.54, 1.807) is 0 Å². The molecule has 1 radical (unpaired) electrons. The molecule has 0 aliphatic carbocycles. The Morgan fingerprint density at radius 1 is 1.14 bits per heavy atom. The van der Waals surface area contributed by atoms with Crippen molar-refractivity contribution in [3.05, 3.63) is 41.3 Å². The third-order valence-electron chi connectivity index (χ3n) is 2.86. The molecular formula is C14H21. The van der Waals surface area contributed by atoms with Crippen molar-refractivity contribution in [2.24, 2.45) is 5.92 Å². The minimum absolute atomic E-state index is 0.593. The molecule has 0 amide bonds. The maximum atomic E-state index is 2.31. The molecular weight excluding hydrogens is 168 g/mol. The van der Waals surface area contributed by atoms with Gasteiger partial charge in [-0.1, -0.05) is 44.5 Å². The van der Waals surface area contributed by atoms with E-state index in [2.05, 4.69) is 59.2 Å². The SMILES string of the molecule is C[CH][C@@H](c1ccc(C)cc1C)C(C)C. The average Bonchev–Trinajstić information content (AvgIpc) is 2.09. The molecule has 0 N–H and O–H groups in total. The molecule has 0 bridgehead atoms. The average molecular weight is 189 g/mol. The molecule has 14 heavy (non-hydrogen) atoms. The van der Waals surface area contributed by atoms with E-state index in [-0.39, 0.29) is 0 Å². The molecule has 1 atom stereocenters. The Kier molecular flexibility index (Phi) is 3.74. The van der Waals surface area contributed by atoms with Gasteiger partial charge in [-0.25, -0.2) is 0 Å². The van der Waals surface area contributed by atoms with E-state index in [1.165, 1.54) is 16.7 Å². The number of benzene rings is 1. The van der Waals surface area contributed by atoms with Gasteiger partial charge in [0.15, 0.2) is 0 Å². The highest BCUT2D eigenvalue weighted by molar-refractivity contribution is 5.34. The monoisotopic (exact) mass is 189 g/mol. The van der Waals surface area contributed by atoms with E-state index in [0.717, 1.165) is 0 Å². The zero-order chi connectivity index (χ0) is 10.7. The lowest BCUT2D eigenvalue weighted by atomic mass is 9.84. The molecule has 0 aliphatic heterocycles. The molecule has 0 fully saturated rings. The van der Waals surface area contributed by atoms with E-state index in [0.29, 0.717) is 11.8 Å². The molecule has 0 aliphatic rings. The van der Waals surface area contributed by atoms with Gasteiger partial charge in [-0.2, -0.15) is 0 Å². The van der Waals surface area contributed by atoms with Crippen molar-refractivity contribution in [1.82, 2.24) is 0 Å². The summed E-state index contributed by atoms with van der Waals surface area (Å²) in [6.07, 6.45) is 2.31. The number of hydrogen-bond donors (Lipinski definition) is 0. The van der Waals surface area contributed by atoms with Crippen LogP contribution in [0.25, 0.3) is 0 Å². The summed E-state index contributed by atoms with van der Waals surface area (Å²) in [5.74, 6) is 1.28. The normalized spacial score (nSPS) is 13.3. The van der Waals surface area contributed by atoms with Crippen LogP contribution in [0.15, 0.2) is 18.2 Å². The van der Waals surface area contributed by atoms with Gasteiger partial charge < -0.3 is 0 Å². The fourth-order valence-corrected chi connectivity index (χ4v) is 2.12. The van der Waals surface area contributed by atoms with Crippen LogP contribution in [0.2, 0.25) is 0 Å². The molecule has 0 heterocycles. The van der Waals surface area contributed by atoms with Crippen LogP contribution in [0.3, 0.4) is 0 Å². The molecule has 1 rings (SSSR count). The first-order valence-electron chi connectivity index (χ1n) is 5.43. The molecule has 0 saturated heterocycles. The molecule has 0 heteroatoms. The Balaban J connectivity index is 3.04. The quantitative estimate of drug-likeness (QED) is 0.666. The van der Waals surface area contributed by atoms with Gasteiger partial charge in [0.2, 0.25) is 0 Å². The smallest absolute Gasteiger partial charge is 0.0108 e. The Labute approximate surface area is 88.4 Å². The zero-order valence-corrected chi connectivity index (χ0v) is 9.96. The van der Waals surface area contributed by atoms with Crippen LogP contribution in [0.5, 0.6) is 0 Å². The molecule has 1 aromatic carbocycles. The number of rotatable bonds is 3. The van der Waals surface area contributed by atoms with E-state index in [1.807, 2.05) is 0 Å². The first-order chi connectivity index (χ1) is 6.56. The second kappa shape index (κ2) is 4.63. The maximum Gasteiger partial charge on any atom is -0.0108 e. The summed E-state index contributed by atoms with van der Waals surface area (Å²) in [5.41, 5.74) is 4.25. The minimum Gasteiger partial charge on any atom is -0.0622 e. The van der Waals surface area contributed by atoms with Gasteiger partial charge in [0, 0.05) is 0 Å². The molecule has 77 valence electrons. The highest BCUT2D eigenvalue weighted by atomic mass is 14.2. The summed E-state index contributed by atoms with van der Waals surface area (Å²) >= 11 is 0. The van der Waals surface area contributed by atoms with Crippen molar-refractivity contribution in [3.8, 4) is 0 Å². The third-order valence-corrected chi connectivity index (χ3v) is 2.86. The van der Waals surface area contributed by atoms with Gasteiger partial charge in [-0.15, -0.1) is 0 Å². The first-order valence-corrected chi connectivity index (χ1v) is 5.43. The lowest BCUT2D eigenvalue weighted by molar-refractivity contribution is 0.548. The van der Waals surface area contributed by atoms with E-state index < -0.39 is 0 Å². The van der Waals surface area contributed by atoms with Crippen molar-refractivity contribution in [3.63, 3.8) is 0 Å². The van der Waals surface area contributed by atoms with Gasteiger partial charge in [0.05, 0.1) is 0 Å². The Hall–Kier alpha value is -0.780. The molecule has 0 unspecified atom stereocenters. The topological polar surface area (TPSA) is 0 Å². The number of hydrogen-bond acceptors (Lipinski definition) is 0. The second-order valence-corrected chi connectivity index (χ2v) is 4.46. The largest absolute Gasteiger partial charge is 0.0622 e. The lowest BCUT2D eigenvalue weighted by Crippen LogP contribution is -2.07. The van der Waals surface area contributed by atoms with Gasteiger partial charge in [-0.3, -0.25) is 0 Å². The standard InChI is InChI=1S/C14H21/c1-6-13(10(2)3)14-8-7-11(4)9-12(14)5/h6-10,13H,1-5H3/t13-/m1/s1. The molecule has 0 spiro atoms. The number of aryl methyl sites for hydroxylation is 2. The van der Waals surface area contributed by atoms with Gasteiger partial charge in [-0.05, 0) is 43.2 Å². The predicted octanol–water partition coefficient (Wildman–Crippen LogP) is 4.27. The minimum atomic E-state index is 0.593. The van der Waals surface area contributed by atoms with Crippen LogP contribution in [-0.4, -0.2) is 0 Å². The third kappa shape index (κ3) is 2.37. The van der Waals surface area contributed by atoms with Crippen molar-refractivity contribution in [1.29, 1.82) is 0 Å². The van der Waals surface area contributed by atoms with Gasteiger partial charge >= 0.3 is 0 Å². The highest BCUT2D eigenvalue weighted by Gasteiger charge is 2.15. The highest BCUT2D eigenvalue weighted by Crippen LogP contribution is 2.29. The molecule has 0 saturated carbocycles.